The van der Waals surface area contributed by atoms with Crippen molar-refractivity contribution in [1.29, 1.82) is 0 Å². The fraction of sp³-hybridized carbons (Fsp3) is 0.200. The average molecular weight is 384 g/mol. The van der Waals surface area contributed by atoms with Crippen LogP contribution in [-0.4, -0.2) is 47.8 Å². The summed E-state index contributed by atoms with van der Waals surface area (Å²) < 4.78 is 0. The van der Waals surface area contributed by atoms with Gasteiger partial charge in [-0.25, -0.2) is 0 Å². The molecule has 146 valence electrons. The summed E-state index contributed by atoms with van der Waals surface area (Å²) in [5.41, 5.74) is 4.75. The van der Waals surface area contributed by atoms with Gasteiger partial charge in [0.15, 0.2) is 0 Å². The first kappa shape index (κ1) is 18.9. The van der Waals surface area contributed by atoms with E-state index in [1.807, 2.05) is 83.5 Å². The molecule has 4 rings (SSSR count). The first-order chi connectivity index (χ1) is 14.1. The maximum absolute atomic E-state index is 12.9. The number of aryl methyl sites for hydroxylation is 1. The van der Waals surface area contributed by atoms with Crippen LogP contribution in [0.1, 0.15) is 26.3 Å². The van der Waals surface area contributed by atoms with Crippen LogP contribution in [0.3, 0.4) is 0 Å². The third-order valence-corrected chi connectivity index (χ3v) is 5.39. The zero-order valence-corrected chi connectivity index (χ0v) is 16.5. The van der Waals surface area contributed by atoms with E-state index in [1.54, 1.807) is 0 Å². The highest BCUT2D eigenvalue weighted by Crippen LogP contribution is 2.20. The van der Waals surface area contributed by atoms with Crippen LogP contribution in [0.5, 0.6) is 0 Å². The minimum Gasteiger partial charge on any atom is -0.335 e. The van der Waals surface area contributed by atoms with Crippen molar-refractivity contribution in [2.24, 2.45) is 0 Å². The fourth-order valence-corrected chi connectivity index (χ4v) is 3.61. The number of hydrogen-bond acceptors (Lipinski definition) is 2. The Labute approximate surface area is 171 Å². The van der Waals surface area contributed by atoms with Gasteiger partial charge in [-0.1, -0.05) is 60.2 Å². The van der Waals surface area contributed by atoms with E-state index in [-0.39, 0.29) is 11.8 Å². The van der Waals surface area contributed by atoms with E-state index in [2.05, 4.69) is 12.1 Å². The zero-order valence-electron chi connectivity index (χ0n) is 16.5. The van der Waals surface area contributed by atoms with Crippen molar-refractivity contribution in [3.05, 3.63) is 95.6 Å². The number of amides is 2. The summed E-state index contributed by atoms with van der Waals surface area (Å²) in [6.45, 7) is 4.22. The summed E-state index contributed by atoms with van der Waals surface area (Å²) in [6, 6.07) is 25.5. The van der Waals surface area contributed by atoms with Crippen LogP contribution in [0.2, 0.25) is 0 Å². The number of rotatable bonds is 3. The molecule has 0 bridgehead atoms. The van der Waals surface area contributed by atoms with Crippen LogP contribution in [0.15, 0.2) is 78.9 Å². The molecule has 0 N–H and O–H groups in total. The third kappa shape index (κ3) is 4.21. The second kappa shape index (κ2) is 8.31. The Morgan fingerprint density at radius 3 is 1.48 bits per heavy atom. The molecule has 4 nitrogen and oxygen atoms in total. The Balaban J connectivity index is 1.37. The summed E-state index contributed by atoms with van der Waals surface area (Å²) in [5.74, 6) is 0.0522. The second-order valence-electron chi connectivity index (χ2n) is 7.39. The van der Waals surface area contributed by atoms with Gasteiger partial charge in [0.25, 0.3) is 11.8 Å². The maximum Gasteiger partial charge on any atom is 0.253 e. The van der Waals surface area contributed by atoms with Crippen LogP contribution < -0.4 is 0 Å². The number of benzene rings is 3. The summed E-state index contributed by atoms with van der Waals surface area (Å²) in [5, 5.41) is 0. The van der Waals surface area contributed by atoms with Gasteiger partial charge in [0.2, 0.25) is 0 Å². The maximum atomic E-state index is 12.9. The minimum absolute atomic E-state index is 0.0204. The summed E-state index contributed by atoms with van der Waals surface area (Å²) in [4.78, 5) is 29.2. The molecule has 0 saturated carbocycles. The number of carbonyl (C=O) groups excluding carboxylic acids is 2. The fourth-order valence-electron chi connectivity index (χ4n) is 3.61. The highest BCUT2D eigenvalue weighted by atomic mass is 16.2. The molecule has 3 aromatic carbocycles. The Bertz CT molecular complexity index is 987. The lowest BCUT2D eigenvalue weighted by molar-refractivity contribution is 0.0535. The van der Waals surface area contributed by atoms with E-state index in [0.29, 0.717) is 37.3 Å². The van der Waals surface area contributed by atoms with Crippen LogP contribution in [0.4, 0.5) is 0 Å². The molecule has 3 aromatic rings. The van der Waals surface area contributed by atoms with Crippen molar-refractivity contribution in [3.63, 3.8) is 0 Å². The summed E-state index contributed by atoms with van der Waals surface area (Å²) >= 11 is 0. The normalized spacial score (nSPS) is 14.0. The smallest absolute Gasteiger partial charge is 0.253 e. The Morgan fingerprint density at radius 1 is 0.586 bits per heavy atom. The van der Waals surface area contributed by atoms with Gasteiger partial charge in [-0.3, -0.25) is 9.59 Å². The number of hydrogen-bond donors (Lipinski definition) is 0. The summed E-state index contributed by atoms with van der Waals surface area (Å²) in [6.07, 6.45) is 0. The third-order valence-electron chi connectivity index (χ3n) is 5.39. The minimum atomic E-state index is 0.0204. The highest BCUT2D eigenvalue weighted by molar-refractivity contribution is 5.96. The van der Waals surface area contributed by atoms with E-state index in [1.165, 1.54) is 0 Å². The standard InChI is InChI=1S/C25H24N2O2/c1-19-7-9-22(10-8-19)24(28)26-15-17-27(18-16-26)25(29)23-13-11-21(12-14-23)20-5-3-2-4-6-20/h2-14H,15-18H2,1H3. The van der Waals surface area contributed by atoms with Gasteiger partial charge < -0.3 is 9.80 Å². The Kier molecular flexibility index (Phi) is 5.43. The lowest BCUT2D eigenvalue weighted by Gasteiger charge is -2.35. The van der Waals surface area contributed by atoms with Gasteiger partial charge in [0, 0.05) is 37.3 Å². The van der Waals surface area contributed by atoms with Crippen molar-refractivity contribution < 1.29 is 9.59 Å². The average Bonchev–Trinajstić information content (AvgIpc) is 2.79. The van der Waals surface area contributed by atoms with Crippen LogP contribution in [-0.2, 0) is 0 Å². The molecular weight excluding hydrogens is 360 g/mol. The Morgan fingerprint density at radius 2 is 1.00 bits per heavy atom. The topological polar surface area (TPSA) is 40.6 Å². The molecule has 2 amide bonds. The van der Waals surface area contributed by atoms with Crippen LogP contribution >= 0.6 is 0 Å². The van der Waals surface area contributed by atoms with E-state index in [4.69, 9.17) is 0 Å². The largest absolute Gasteiger partial charge is 0.335 e. The monoisotopic (exact) mass is 384 g/mol. The lowest BCUT2D eigenvalue weighted by Crippen LogP contribution is -2.50. The lowest BCUT2D eigenvalue weighted by atomic mass is 10.0. The van der Waals surface area contributed by atoms with Gasteiger partial charge >= 0.3 is 0 Å². The zero-order chi connectivity index (χ0) is 20.2. The molecule has 4 heteroatoms. The van der Waals surface area contributed by atoms with Gasteiger partial charge in [0.05, 0.1) is 0 Å². The van der Waals surface area contributed by atoms with E-state index >= 15 is 0 Å². The number of carbonyl (C=O) groups is 2. The first-order valence-electron chi connectivity index (χ1n) is 9.92. The molecule has 0 aliphatic carbocycles. The Hall–Kier alpha value is -3.40. The SMILES string of the molecule is Cc1ccc(C(=O)N2CCN(C(=O)c3ccc(-c4ccccc4)cc3)CC2)cc1. The first-order valence-corrected chi connectivity index (χ1v) is 9.92. The molecular formula is C25H24N2O2. The quantitative estimate of drug-likeness (QED) is 0.677. The predicted octanol–water partition coefficient (Wildman–Crippen LogP) is 4.26. The van der Waals surface area contributed by atoms with E-state index in [0.717, 1.165) is 16.7 Å². The molecule has 1 fully saturated rings. The van der Waals surface area contributed by atoms with E-state index < -0.39 is 0 Å². The van der Waals surface area contributed by atoms with Crippen molar-refractivity contribution >= 4 is 11.8 Å². The molecule has 1 heterocycles. The molecule has 1 aliphatic heterocycles. The van der Waals surface area contributed by atoms with Crippen molar-refractivity contribution in [1.82, 2.24) is 9.80 Å². The van der Waals surface area contributed by atoms with Crippen molar-refractivity contribution in [3.8, 4) is 11.1 Å². The molecule has 0 atom stereocenters. The van der Waals surface area contributed by atoms with Crippen molar-refractivity contribution in [2.45, 2.75) is 6.92 Å². The van der Waals surface area contributed by atoms with Crippen LogP contribution in [0, 0.1) is 6.92 Å². The highest BCUT2D eigenvalue weighted by Gasteiger charge is 2.25. The van der Waals surface area contributed by atoms with Gasteiger partial charge in [0.1, 0.15) is 0 Å². The molecule has 1 saturated heterocycles. The second-order valence-corrected chi connectivity index (χ2v) is 7.39. The molecule has 1 aliphatic rings. The molecule has 0 radical (unpaired) electrons. The molecule has 0 spiro atoms. The van der Waals surface area contributed by atoms with E-state index in [9.17, 15) is 9.59 Å². The van der Waals surface area contributed by atoms with Crippen LogP contribution in [0.25, 0.3) is 11.1 Å². The predicted molar refractivity (Wildman–Crippen MR) is 115 cm³/mol. The number of piperazine rings is 1. The van der Waals surface area contributed by atoms with Gasteiger partial charge in [-0.2, -0.15) is 0 Å². The number of nitrogens with zero attached hydrogens (tertiary/aromatic N) is 2. The molecule has 0 unspecified atom stereocenters. The van der Waals surface area contributed by atoms with Gasteiger partial charge in [-0.05, 0) is 42.3 Å². The van der Waals surface area contributed by atoms with Gasteiger partial charge in [-0.15, -0.1) is 0 Å². The molecule has 0 aromatic heterocycles. The van der Waals surface area contributed by atoms with Crippen molar-refractivity contribution in [2.75, 3.05) is 26.2 Å². The molecule has 29 heavy (non-hydrogen) atoms. The summed E-state index contributed by atoms with van der Waals surface area (Å²) in [7, 11) is 0.